The van der Waals surface area contributed by atoms with Crippen LogP contribution in [-0.4, -0.2) is 5.71 Å². The summed E-state index contributed by atoms with van der Waals surface area (Å²) in [5.41, 5.74) is 1.77. The van der Waals surface area contributed by atoms with Crippen molar-refractivity contribution in [2.45, 2.75) is 6.92 Å². The minimum absolute atomic E-state index is 0.803. The molecule has 0 bridgehead atoms. The molecule has 0 radical (unpaired) electrons. The number of rotatable bonds is 0. The van der Waals surface area contributed by atoms with Crippen molar-refractivity contribution in [2.75, 3.05) is 0 Å². The Kier molecular flexibility index (Phi) is 1.53. The van der Waals surface area contributed by atoms with Crippen molar-refractivity contribution in [3.63, 3.8) is 0 Å². The van der Waals surface area contributed by atoms with Crippen molar-refractivity contribution in [1.82, 2.24) is 5.32 Å². The SMILES string of the molecule is C/C=C1/NC=C/C1=N/N. The van der Waals surface area contributed by atoms with E-state index in [2.05, 4.69) is 10.4 Å². The molecule has 0 aromatic carbocycles. The van der Waals surface area contributed by atoms with Gasteiger partial charge in [0.05, 0.1) is 5.70 Å². The molecular formula is C6H9N3. The zero-order chi connectivity index (χ0) is 6.69. The lowest BCUT2D eigenvalue weighted by atomic mass is 10.3. The van der Waals surface area contributed by atoms with Crippen LogP contribution >= 0.6 is 0 Å². The molecule has 3 N–H and O–H groups in total. The van der Waals surface area contributed by atoms with Crippen LogP contribution < -0.4 is 11.2 Å². The van der Waals surface area contributed by atoms with Gasteiger partial charge in [-0.25, -0.2) is 0 Å². The molecule has 0 saturated heterocycles. The van der Waals surface area contributed by atoms with Gasteiger partial charge in [0.15, 0.2) is 0 Å². The third kappa shape index (κ3) is 0.937. The van der Waals surface area contributed by atoms with Crippen LogP contribution in [0.4, 0.5) is 0 Å². The van der Waals surface area contributed by atoms with Gasteiger partial charge in [0.25, 0.3) is 0 Å². The van der Waals surface area contributed by atoms with Gasteiger partial charge in [-0.3, -0.25) is 0 Å². The molecule has 3 heteroatoms. The zero-order valence-corrected chi connectivity index (χ0v) is 5.26. The number of hydrogen-bond acceptors (Lipinski definition) is 3. The highest BCUT2D eigenvalue weighted by Gasteiger charge is 2.04. The Labute approximate surface area is 53.9 Å². The summed E-state index contributed by atoms with van der Waals surface area (Å²) in [5.74, 6) is 5.06. The van der Waals surface area contributed by atoms with Crippen molar-refractivity contribution in [1.29, 1.82) is 0 Å². The molecule has 0 spiro atoms. The quantitative estimate of drug-likeness (QED) is 0.360. The number of allylic oxidation sites excluding steroid dienone is 2. The number of hydrogen-bond donors (Lipinski definition) is 2. The van der Waals surface area contributed by atoms with E-state index in [1.54, 1.807) is 6.20 Å². The fraction of sp³-hybridized carbons (Fsp3) is 0.167. The lowest BCUT2D eigenvalue weighted by Gasteiger charge is -1.94. The van der Waals surface area contributed by atoms with Crippen molar-refractivity contribution in [2.24, 2.45) is 10.9 Å². The molecule has 1 rings (SSSR count). The minimum atomic E-state index is 0.803. The van der Waals surface area contributed by atoms with Crippen molar-refractivity contribution in [3.05, 3.63) is 24.0 Å². The highest BCUT2D eigenvalue weighted by atomic mass is 15.1. The monoisotopic (exact) mass is 123 g/mol. The normalized spacial score (nSPS) is 25.4. The van der Waals surface area contributed by atoms with Crippen molar-refractivity contribution in [3.8, 4) is 0 Å². The van der Waals surface area contributed by atoms with Crippen LogP contribution in [0.2, 0.25) is 0 Å². The lowest BCUT2D eigenvalue weighted by Crippen LogP contribution is -2.06. The molecule has 0 aromatic rings. The summed E-state index contributed by atoms with van der Waals surface area (Å²) in [6.07, 6.45) is 5.56. The Balaban J connectivity index is 2.84. The largest absolute Gasteiger partial charge is 0.360 e. The van der Waals surface area contributed by atoms with Gasteiger partial charge >= 0.3 is 0 Å². The van der Waals surface area contributed by atoms with Crippen LogP contribution in [-0.2, 0) is 0 Å². The Morgan fingerprint density at radius 2 is 2.56 bits per heavy atom. The summed E-state index contributed by atoms with van der Waals surface area (Å²) in [5, 5.41) is 6.52. The standard InChI is InChI=1S/C6H9N3/c1-2-5-6(9-7)3-4-8-5/h2-4,8H,7H2,1H3/b5-2+,9-6-. The zero-order valence-electron chi connectivity index (χ0n) is 5.26. The molecule has 0 unspecified atom stereocenters. The second-order valence-corrected chi connectivity index (χ2v) is 1.69. The van der Waals surface area contributed by atoms with Crippen LogP contribution in [0.3, 0.4) is 0 Å². The van der Waals surface area contributed by atoms with Gasteiger partial charge in [-0.15, -0.1) is 0 Å². The predicted octanol–water partition coefficient (Wildman–Crippen LogP) is 0.322. The van der Waals surface area contributed by atoms with E-state index in [1.165, 1.54) is 0 Å². The van der Waals surface area contributed by atoms with Gasteiger partial charge in [0.2, 0.25) is 0 Å². The number of nitrogens with two attached hydrogens (primary N) is 1. The number of nitrogens with one attached hydrogen (secondary N) is 1. The number of hydrazone groups is 1. The summed E-state index contributed by atoms with van der Waals surface area (Å²) in [7, 11) is 0. The van der Waals surface area contributed by atoms with Crippen LogP contribution in [0.1, 0.15) is 6.92 Å². The Morgan fingerprint density at radius 3 is 3.00 bits per heavy atom. The van der Waals surface area contributed by atoms with E-state index in [4.69, 9.17) is 5.84 Å². The summed E-state index contributed by atoms with van der Waals surface area (Å²) in [4.78, 5) is 0. The van der Waals surface area contributed by atoms with Crippen LogP contribution in [0.15, 0.2) is 29.2 Å². The van der Waals surface area contributed by atoms with E-state index in [0.29, 0.717) is 0 Å². The van der Waals surface area contributed by atoms with Crippen LogP contribution in [0, 0.1) is 0 Å². The van der Waals surface area contributed by atoms with Crippen molar-refractivity contribution < 1.29 is 0 Å². The van der Waals surface area contributed by atoms with Crippen molar-refractivity contribution >= 4 is 5.71 Å². The minimum Gasteiger partial charge on any atom is -0.360 e. The fourth-order valence-electron chi connectivity index (χ4n) is 0.718. The molecule has 1 heterocycles. The van der Waals surface area contributed by atoms with Gasteiger partial charge < -0.3 is 11.2 Å². The van der Waals surface area contributed by atoms with Gasteiger partial charge in [0.1, 0.15) is 5.71 Å². The average molecular weight is 123 g/mol. The molecule has 0 fully saturated rings. The topological polar surface area (TPSA) is 50.4 Å². The van der Waals surface area contributed by atoms with Gasteiger partial charge in [-0.2, -0.15) is 5.10 Å². The molecule has 3 nitrogen and oxygen atoms in total. The summed E-state index contributed by atoms with van der Waals surface area (Å²) in [6.45, 7) is 1.93. The molecule has 9 heavy (non-hydrogen) atoms. The maximum atomic E-state index is 5.06. The fourth-order valence-corrected chi connectivity index (χ4v) is 0.718. The highest BCUT2D eigenvalue weighted by molar-refractivity contribution is 6.09. The Hall–Kier alpha value is -1.25. The average Bonchev–Trinajstić information content (AvgIpc) is 2.33. The number of nitrogens with zero attached hydrogens (tertiary/aromatic N) is 1. The molecule has 0 amide bonds. The first kappa shape index (κ1) is 5.88. The van der Waals surface area contributed by atoms with Crippen LogP contribution in [0.25, 0.3) is 0 Å². The maximum absolute atomic E-state index is 5.06. The molecule has 1 aliphatic heterocycles. The first-order valence-electron chi connectivity index (χ1n) is 2.76. The van der Waals surface area contributed by atoms with Gasteiger partial charge in [0, 0.05) is 6.20 Å². The summed E-state index contributed by atoms with van der Waals surface area (Å²) < 4.78 is 0. The lowest BCUT2D eigenvalue weighted by molar-refractivity contribution is 1.15. The molecule has 0 aromatic heterocycles. The summed E-state index contributed by atoms with van der Waals surface area (Å²) >= 11 is 0. The van der Waals surface area contributed by atoms with E-state index in [-0.39, 0.29) is 0 Å². The first-order chi connectivity index (χ1) is 4.38. The second kappa shape index (κ2) is 2.35. The molecule has 48 valence electrons. The van der Waals surface area contributed by atoms with E-state index in [1.807, 2.05) is 19.1 Å². The Bertz CT molecular complexity index is 188. The summed E-state index contributed by atoms with van der Waals surface area (Å²) in [6, 6.07) is 0. The highest BCUT2D eigenvalue weighted by Crippen LogP contribution is 2.00. The smallest absolute Gasteiger partial charge is 0.107 e. The first-order valence-corrected chi connectivity index (χ1v) is 2.76. The molecule has 0 aliphatic carbocycles. The van der Waals surface area contributed by atoms with Gasteiger partial charge in [-0.1, -0.05) is 6.08 Å². The van der Waals surface area contributed by atoms with E-state index >= 15 is 0 Å². The van der Waals surface area contributed by atoms with E-state index in [9.17, 15) is 0 Å². The van der Waals surface area contributed by atoms with E-state index < -0.39 is 0 Å². The second-order valence-electron chi connectivity index (χ2n) is 1.69. The molecule has 1 aliphatic rings. The molecule has 0 saturated carbocycles. The predicted molar refractivity (Wildman–Crippen MR) is 37.7 cm³/mol. The van der Waals surface area contributed by atoms with Gasteiger partial charge in [-0.05, 0) is 13.0 Å². The molecule has 0 atom stereocenters. The van der Waals surface area contributed by atoms with Crippen LogP contribution in [0.5, 0.6) is 0 Å². The van der Waals surface area contributed by atoms with E-state index in [0.717, 1.165) is 11.4 Å². The third-order valence-corrected chi connectivity index (χ3v) is 1.18. The molecular weight excluding hydrogens is 114 g/mol. The Morgan fingerprint density at radius 1 is 1.78 bits per heavy atom. The third-order valence-electron chi connectivity index (χ3n) is 1.18. The maximum Gasteiger partial charge on any atom is 0.107 e.